The van der Waals surface area contributed by atoms with E-state index in [-0.39, 0.29) is 29.2 Å². The van der Waals surface area contributed by atoms with Crippen LogP contribution in [0, 0.1) is 23.7 Å². The summed E-state index contributed by atoms with van der Waals surface area (Å²) < 4.78 is 43.6. The molecule has 220 valence electrons. The fourth-order valence-electron chi connectivity index (χ4n) is 6.09. The molecule has 0 amide bonds. The maximum Gasteiger partial charge on any atom is 0.387 e. The largest absolute Gasteiger partial charge is 0.472 e. The van der Waals surface area contributed by atoms with Gasteiger partial charge in [-0.2, -0.15) is 14.0 Å². The van der Waals surface area contributed by atoms with Gasteiger partial charge in [-0.3, -0.25) is 4.90 Å². The lowest BCUT2D eigenvalue weighted by atomic mass is 9.84. The van der Waals surface area contributed by atoms with Gasteiger partial charge in [0.2, 0.25) is 11.8 Å². The van der Waals surface area contributed by atoms with Crippen molar-refractivity contribution in [2.24, 2.45) is 10.4 Å². The zero-order valence-electron chi connectivity index (χ0n) is 24.5. The molecule has 4 aromatic rings. The van der Waals surface area contributed by atoms with Gasteiger partial charge in [-0.15, -0.1) is 6.58 Å². The Balaban J connectivity index is 1.40. The van der Waals surface area contributed by atoms with Gasteiger partial charge in [0, 0.05) is 42.4 Å². The predicted molar refractivity (Wildman–Crippen MR) is 161 cm³/mol. The van der Waals surface area contributed by atoms with Crippen LogP contribution in [-0.4, -0.2) is 47.6 Å². The van der Waals surface area contributed by atoms with Crippen molar-refractivity contribution in [1.29, 1.82) is 5.26 Å². The van der Waals surface area contributed by atoms with Crippen LogP contribution in [0.15, 0.2) is 70.6 Å². The number of aliphatic imine (C=N–C) groups is 1. The Morgan fingerprint density at radius 2 is 1.84 bits per heavy atom. The van der Waals surface area contributed by atoms with Crippen molar-refractivity contribution in [3.8, 4) is 34.4 Å². The van der Waals surface area contributed by atoms with E-state index < -0.39 is 6.61 Å². The number of halogens is 2. The number of hydrogen-bond donors (Lipinski definition) is 0. The molecule has 0 spiro atoms. The van der Waals surface area contributed by atoms with Crippen LogP contribution in [0.1, 0.15) is 43.0 Å². The minimum atomic E-state index is -2.97. The Hall–Kier alpha value is -4.55. The van der Waals surface area contributed by atoms with E-state index in [1.165, 1.54) is 6.07 Å². The molecule has 0 saturated carbocycles. The quantitative estimate of drug-likeness (QED) is 0.200. The zero-order chi connectivity index (χ0) is 30.5. The van der Waals surface area contributed by atoms with Crippen molar-refractivity contribution in [3.63, 3.8) is 0 Å². The maximum atomic E-state index is 13.3. The number of benzene rings is 3. The van der Waals surface area contributed by atoms with Crippen molar-refractivity contribution < 1.29 is 22.7 Å². The Labute approximate surface area is 249 Å². The van der Waals surface area contributed by atoms with E-state index in [2.05, 4.69) is 41.4 Å². The molecule has 0 radical (unpaired) electrons. The van der Waals surface area contributed by atoms with E-state index in [0.29, 0.717) is 45.8 Å². The Kier molecular flexibility index (Phi) is 7.26. The molecule has 7 nitrogen and oxygen atoms in total. The Morgan fingerprint density at radius 3 is 2.49 bits per heavy atom. The first-order chi connectivity index (χ1) is 20.6. The molecular weight excluding hydrogens is 550 g/mol. The summed E-state index contributed by atoms with van der Waals surface area (Å²) in [5, 5.41) is 10.3. The molecule has 3 heterocycles. The van der Waals surface area contributed by atoms with E-state index in [0.717, 1.165) is 29.8 Å². The number of nitrogens with zero attached hydrogens (tertiary/aromatic N) is 4. The summed E-state index contributed by atoms with van der Waals surface area (Å²) in [6.07, 6.45) is 1.66. The maximum absolute atomic E-state index is 13.3. The standard InChI is InChI=1S/C34H32F2N4O3/c1-6-27-20(3)41-31(38-27)23-10-7-9-22(19(23)2)24-11-8-12-25(26(24)15-37)32-39-28-13-21(16-40-17-34(4,5)18-40)29(43-33(35)36)14-30(28)42-32/h6-14,20,27,33H,1,16-18H2,2-5H3. The molecule has 1 aromatic heterocycles. The fraction of sp³-hybridized carbons (Fsp3) is 0.324. The third-order valence-corrected chi connectivity index (χ3v) is 8.03. The first-order valence-corrected chi connectivity index (χ1v) is 14.2. The number of fused-ring (bicyclic) bond motifs is 1. The molecular formula is C34H32F2N4O3. The van der Waals surface area contributed by atoms with Crippen LogP contribution in [0.3, 0.4) is 0 Å². The number of aromatic nitrogens is 1. The summed E-state index contributed by atoms with van der Waals surface area (Å²) in [5.41, 5.74) is 5.79. The lowest BCUT2D eigenvalue weighted by molar-refractivity contribution is -0.0516. The second-order valence-electron chi connectivity index (χ2n) is 11.9. The third-order valence-electron chi connectivity index (χ3n) is 8.03. The normalized spacial score (nSPS) is 19.5. The van der Waals surface area contributed by atoms with Crippen LogP contribution in [0.4, 0.5) is 8.78 Å². The van der Waals surface area contributed by atoms with Crippen molar-refractivity contribution >= 4 is 17.0 Å². The Bertz CT molecular complexity index is 1800. The number of hydrogen-bond acceptors (Lipinski definition) is 7. The van der Waals surface area contributed by atoms with Crippen LogP contribution in [0.2, 0.25) is 0 Å². The molecule has 3 aromatic carbocycles. The molecule has 1 fully saturated rings. The van der Waals surface area contributed by atoms with Gasteiger partial charge in [-0.25, -0.2) is 9.98 Å². The van der Waals surface area contributed by atoms with Crippen LogP contribution in [0.5, 0.6) is 5.75 Å². The minimum absolute atomic E-state index is 0.0571. The number of likely N-dealkylation sites (tertiary alicyclic amines) is 1. The van der Waals surface area contributed by atoms with Gasteiger partial charge >= 0.3 is 6.61 Å². The van der Waals surface area contributed by atoms with Gasteiger partial charge in [0.25, 0.3) is 0 Å². The van der Waals surface area contributed by atoms with Crippen molar-refractivity contribution in [2.75, 3.05) is 13.1 Å². The highest BCUT2D eigenvalue weighted by atomic mass is 19.3. The molecule has 2 atom stereocenters. The fourth-order valence-corrected chi connectivity index (χ4v) is 6.09. The van der Waals surface area contributed by atoms with Gasteiger partial charge < -0.3 is 13.9 Å². The number of oxazole rings is 1. The summed E-state index contributed by atoms with van der Waals surface area (Å²) in [7, 11) is 0. The predicted octanol–water partition coefficient (Wildman–Crippen LogP) is 7.51. The third kappa shape index (κ3) is 5.39. The van der Waals surface area contributed by atoms with E-state index in [1.54, 1.807) is 18.2 Å². The SMILES string of the molecule is C=CC1N=C(c2cccc(-c3cccc(-c4nc5cc(CN6CC(C)(C)C6)c(OC(F)F)cc5o4)c3C#N)c2C)OC1C. The second kappa shape index (κ2) is 10.9. The monoisotopic (exact) mass is 582 g/mol. The van der Waals surface area contributed by atoms with Gasteiger partial charge in [-0.1, -0.05) is 44.2 Å². The summed E-state index contributed by atoms with van der Waals surface area (Å²) in [6, 6.07) is 16.7. The van der Waals surface area contributed by atoms with Crippen LogP contribution < -0.4 is 4.74 Å². The van der Waals surface area contributed by atoms with Crippen LogP contribution in [-0.2, 0) is 11.3 Å². The number of nitriles is 1. The van der Waals surface area contributed by atoms with Gasteiger partial charge in [0.1, 0.15) is 29.5 Å². The van der Waals surface area contributed by atoms with Crippen molar-refractivity contribution in [1.82, 2.24) is 9.88 Å². The molecule has 1 saturated heterocycles. The van der Waals surface area contributed by atoms with Crippen LogP contribution >= 0.6 is 0 Å². The highest BCUT2D eigenvalue weighted by Crippen LogP contribution is 2.38. The molecule has 2 unspecified atom stereocenters. The van der Waals surface area contributed by atoms with Gasteiger partial charge in [0.05, 0.1) is 11.1 Å². The van der Waals surface area contributed by atoms with Crippen molar-refractivity contribution in [2.45, 2.75) is 53.0 Å². The first kappa shape index (κ1) is 28.6. The van der Waals surface area contributed by atoms with E-state index >= 15 is 0 Å². The average molecular weight is 583 g/mol. The van der Waals surface area contributed by atoms with E-state index in [9.17, 15) is 14.0 Å². The summed E-state index contributed by atoms with van der Waals surface area (Å²) in [6.45, 7) is 11.3. The molecule has 2 aliphatic heterocycles. The molecule has 0 N–H and O–H groups in total. The smallest absolute Gasteiger partial charge is 0.387 e. The number of rotatable bonds is 8. The summed E-state index contributed by atoms with van der Waals surface area (Å²) >= 11 is 0. The van der Waals surface area contributed by atoms with Gasteiger partial charge in [-0.05, 0) is 48.6 Å². The van der Waals surface area contributed by atoms with Crippen molar-refractivity contribution in [3.05, 3.63) is 83.4 Å². The lowest BCUT2D eigenvalue weighted by Crippen LogP contribution is -2.52. The molecule has 2 aliphatic rings. The molecule has 0 bridgehead atoms. The van der Waals surface area contributed by atoms with Gasteiger partial charge in [0.15, 0.2) is 5.58 Å². The van der Waals surface area contributed by atoms with E-state index in [1.807, 2.05) is 44.2 Å². The topological polar surface area (TPSA) is 83.9 Å². The summed E-state index contributed by atoms with van der Waals surface area (Å²) in [5.74, 6) is 0.824. The highest BCUT2D eigenvalue weighted by molar-refractivity contribution is 5.99. The van der Waals surface area contributed by atoms with Crippen LogP contribution in [0.25, 0.3) is 33.7 Å². The number of ether oxygens (including phenoxy) is 2. The minimum Gasteiger partial charge on any atom is -0.472 e. The molecule has 43 heavy (non-hydrogen) atoms. The molecule has 0 aliphatic carbocycles. The average Bonchev–Trinajstić information content (AvgIpc) is 3.54. The summed E-state index contributed by atoms with van der Waals surface area (Å²) in [4.78, 5) is 11.5. The lowest BCUT2D eigenvalue weighted by Gasteiger charge is -2.46. The number of alkyl halides is 2. The molecule has 9 heteroatoms. The zero-order valence-corrected chi connectivity index (χ0v) is 24.5. The Morgan fingerprint density at radius 1 is 1.14 bits per heavy atom. The highest BCUT2D eigenvalue weighted by Gasteiger charge is 2.34. The van der Waals surface area contributed by atoms with E-state index in [4.69, 9.17) is 13.9 Å². The second-order valence-corrected chi connectivity index (χ2v) is 11.9. The first-order valence-electron chi connectivity index (χ1n) is 14.2. The molecule has 6 rings (SSSR count).